The first-order chi connectivity index (χ1) is 32.7. The van der Waals surface area contributed by atoms with E-state index >= 15 is 0 Å². The van der Waals surface area contributed by atoms with Gasteiger partial charge in [-0.15, -0.1) is 0 Å². The summed E-state index contributed by atoms with van der Waals surface area (Å²) in [6, 6.07) is -1.04. The lowest BCUT2D eigenvalue weighted by molar-refractivity contribution is -0.305. The number of esters is 1. The Bertz CT molecular complexity index is 1320. The molecule has 8 unspecified atom stereocenters. The van der Waals surface area contributed by atoms with E-state index in [0.29, 0.717) is 12.8 Å². The fourth-order valence-electron chi connectivity index (χ4n) is 8.19. The highest BCUT2D eigenvalue weighted by atomic mass is 16.7. The SMILES string of the molecule is CC/C=C/C=C/C=C\C=C/CCCCC(O)C(=O)NC(COC1OC(CO)C(O)C(O)C1OC(=O)CCCCCCCCCCCCCCCC)C(O)/C=C/CCCCCCCCCCCC. The van der Waals surface area contributed by atoms with Crippen LogP contribution in [0.2, 0.25) is 0 Å². The van der Waals surface area contributed by atoms with E-state index in [4.69, 9.17) is 14.2 Å². The fraction of sp³-hybridized carbons (Fsp3) is 0.786. The van der Waals surface area contributed by atoms with E-state index in [-0.39, 0.29) is 19.4 Å². The van der Waals surface area contributed by atoms with Crippen molar-refractivity contribution >= 4 is 11.9 Å². The predicted octanol–water partition coefficient (Wildman–Crippen LogP) is 11.5. The zero-order chi connectivity index (χ0) is 49.0. The number of amides is 1. The van der Waals surface area contributed by atoms with Gasteiger partial charge < -0.3 is 45.1 Å². The third-order valence-corrected chi connectivity index (χ3v) is 12.5. The predicted molar refractivity (Wildman–Crippen MR) is 273 cm³/mol. The summed E-state index contributed by atoms with van der Waals surface area (Å²) in [7, 11) is 0. The van der Waals surface area contributed by atoms with Gasteiger partial charge in [0.05, 0.1) is 25.4 Å². The molecule has 1 rings (SSSR count). The monoisotopic (exact) mass is 946 g/mol. The first kappa shape index (κ1) is 62.4. The van der Waals surface area contributed by atoms with Crippen LogP contribution in [0.4, 0.5) is 0 Å². The largest absolute Gasteiger partial charge is 0.454 e. The molecule has 8 atom stereocenters. The van der Waals surface area contributed by atoms with E-state index in [1.54, 1.807) is 6.08 Å². The van der Waals surface area contributed by atoms with Crippen LogP contribution in [-0.2, 0) is 23.8 Å². The molecule has 1 fully saturated rings. The fourth-order valence-corrected chi connectivity index (χ4v) is 8.19. The molecular weight excluding hydrogens is 847 g/mol. The zero-order valence-corrected chi connectivity index (χ0v) is 42.5. The third kappa shape index (κ3) is 33.5. The maximum Gasteiger partial charge on any atom is 0.306 e. The molecule has 11 nitrogen and oxygen atoms in total. The number of carbonyl (C=O) groups is 2. The maximum atomic E-state index is 13.3. The maximum absolute atomic E-state index is 13.3. The molecular formula is C56H99NO10. The van der Waals surface area contributed by atoms with Gasteiger partial charge in [0.15, 0.2) is 12.4 Å². The number of ether oxygens (including phenoxy) is 3. The second-order valence-corrected chi connectivity index (χ2v) is 18.7. The Hall–Kier alpha value is -2.64. The van der Waals surface area contributed by atoms with Crippen molar-refractivity contribution in [1.29, 1.82) is 0 Å². The normalized spacial score (nSPS) is 20.5. The summed E-state index contributed by atoms with van der Waals surface area (Å²) in [5.41, 5.74) is 0. The van der Waals surface area contributed by atoms with E-state index in [9.17, 15) is 35.1 Å². The van der Waals surface area contributed by atoms with Gasteiger partial charge in [-0.2, -0.15) is 0 Å². The summed E-state index contributed by atoms with van der Waals surface area (Å²) in [5.74, 6) is -1.24. The van der Waals surface area contributed by atoms with Gasteiger partial charge in [-0.3, -0.25) is 9.59 Å². The summed E-state index contributed by atoms with van der Waals surface area (Å²) < 4.78 is 17.5. The summed E-state index contributed by atoms with van der Waals surface area (Å²) in [6.07, 6.45) is 42.8. The molecule has 0 aromatic rings. The molecule has 0 aliphatic carbocycles. The molecule has 0 aromatic carbocycles. The lowest BCUT2D eigenvalue weighted by Crippen LogP contribution is -2.61. The van der Waals surface area contributed by atoms with Gasteiger partial charge in [0.1, 0.15) is 24.4 Å². The molecule has 0 spiro atoms. The number of hydrogen-bond acceptors (Lipinski definition) is 10. The molecule has 1 heterocycles. The summed E-state index contributed by atoms with van der Waals surface area (Å²) >= 11 is 0. The quantitative estimate of drug-likeness (QED) is 0.0149. The summed E-state index contributed by atoms with van der Waals surface area (Å²) in [6.45, 7) is 5.59. The highest BCUT2D eigenvalue weighted by Gasteiger charge is 2.47. The molecule has 67 heavy (non-hydrogen) atoms. The van der Waals surface area contributed by atoms with Crippen LogP contribution in [0.25, 0.3) is 0 Å². The summed E-state index contributed by atoms with van der Waals surface area (Å²) in [5, 5.41) is 56.6. The number of rotatable bonds is 44. The lowest BCUT2D eigenvalue weighted by atomic mass is 9.99. The Kier molecular flexibility index (Phi) is 41.5. The molecule has 1 amide bonds. The summed E-state index contributed by atoms with van der Waals surface area (Å²) in [4.78, 5) is 26.3. The minimum absolute atomic E-state index is 0.120. The molecule has 1 aliphatic heterocycles. The topological polar surface area (TPSA) is 175 Å². The Morgan fingerprint density at radius 1 is 0.597 bits per heavy atom. The number of allylic oxidation sites excluding steroid dienone is 9. The Morgan fingerprint density at radius 2 is 1.07 bits per heavy atom. The molecule has 1 saturated heterocycles. The van der Waals surface area contributed by atoms with Crippen LogP contribution in [0.5, 0.6) is 0 Å². The highest BCUT2D eigenvalue weighted by Crippen LogP contribution is 2.26. The van der Waals surface area contributed by atoms with Gasteiger partial charge in [0.25, 0.3) is 0 Å². The minimum atomic E-state index is -1.62. The van der Waals surface area contributed by atoms with Crippen LogP contribution in [0, 0.1) is 0 Å². The number of hydrogen-bond donors (Lipinski definition) is 6. The molecule has 0 aromatic heterocycles. The van der Waals surface area contributed by atoms with Gasteiger partial charge in [0.2, 0.25) is 5.91 Å². The van der Waals surface area contributed by atoms with Crippen molar-refractivity contribution in [2.45, 2.75) is 269 Å². The minimum Gasteiger partial charge on any atom is -0.454 e. The van der Waals surface area contributed by atoms with Crippen molar-refractivity contribution in [1.82, 2.24) is 5.32 Å². The second-order valence-electron chi connectivity index (χ2n) is 18.7. The van der Waals surface area contributed by atoms with Gasteiger partial charge in [-0.1, -0.05) is 229 Å². The van der Waals surface area contributed by atoms with Crippen molar-refractivity contribution in [3.63, 3.8) is 0 Å². The number of aliphatic hydroxyl groups is 5. The molecule has 0 saturated carbocycles. The molecule has 388 valence electrons. The second kappa shape index (κ2) is 44.6. The average Bonchev–Trinajstić information content (AvgIpc) is 3.32. The van der Waals surface area contributed by atoms with Crippen molar-refractivity contribution in [2.75, 3.05) is 13.2 Å². The van der Waals surface area contributed by atoms with E-state index in [1.807, 2.05) is 48.6 Å². The number of carbonyl (C=O) groups excluding carboxylic acids is 2. The Labute approximate surface area is 408 Å². The lowest BCUT2D eigenvalue weighted by Gasteiger charge is -2.41. The number of nitrogens with one attached hydrogen (secondary N) is 1. The van der Waals surface area contributed by atoms with Crippen LogP contribution < -0.4 is 5.32 Å². The number of aliphatic hydroxyl groups excluding tert-OH is 5. The van der Waals surface area contributed by atoms with E-state index < -0.39 is 67.4 Å². The number of unbranched alkanes of at least 4 members (excludes halogenated alkanes) is 25. The first-order valence-electron chi connectivity index (χ1n) is 27.1. The molecule has 11 heteroatoms. The molecule has 0 radical (unpaired) electrons. The highest BCUT2D eigenvalue weighted by molar-refractivity contribution is 5.80. The molecule has 1 aliphatic rings. The average molecular weight is 946 g/mol. The van der Waals surface area contributed by atoms with Gasteiger partial charge in [0, 0.05) is 6.42 Å². The molecule has 6 N–H and O–H groups in total. The van der Waals surface area contributed by atoms with Crippen LogP contribution in [-0.4, -0.2) is 99.6 Å². The molecule has 0 bridgehead atoms. The van der Waals surface area contributed by atoms with Crippen molar-refractivity contribution < 1.29 is 49.3 Å². The third-order valence-electron chi connectivity index (χ3n) is 12.5. The van der Waals surface area contributed by atoms with Crippen molar-refractivity contribution in [3.8, 4) is 0 Å². The smallest absolute Gasteiger partial charge is 0.306 e. The van der Waals surface area contributed by atoms with Crippen LogP contribution >= 0.6 is 0 Å². The van der Waals surface area contributed by atoms with Crippen LogP contribution in [0.15, 0.2) is 60.8 Å². The van der Waals surface area contributed by atoms with Gasteiger partial charge in [-0.05, 0) is 44.9 Å². The Morgan fingerprint density at radius 3 is 1.61 bits per heavy atom. The van der Waals surface area contributed by atoms with Crippen LogP contribution in [0.3, 0.4) is 0 Å². The van der Waals surface area contributed by atoms with Crippen molar-refractivity contribution in [2.24, 2.45) is 0 Å². The first-order valence-corrected chi connectivity index (χ1v) is 27.1. The van der Waals surface area contributed by atoms with E-state index in [2.05, 4.69) is 32.2 Å². The Balaban J connectivity index is 2.79. The van der Waals surface area contributed by atoms with Gasteiger partial charge >= 0.3 is 5.97 Å². The standard InChI is InChI=1S/C56H99NO10/c1-4-7-10-13-16-19-22-25-26-29-32-35-38-41-44-51(61)67-54-53(63)52(62)50(45-58)66-56(54)65-46-47(48(59)42-39-36-33-30-27-23-20-17-14-11-8-5-2)57-55(64)49(60)43-40-37-34-31-28-24-21-18-15-12-9-6-3/h9,12,15,18,21,24,28,31,39,42,47-50,52-54,56,58-60,62-63H,4-8,10-11,13-14,16-17,19-20,22-23,25-27,29-30,32-38,40-41,43-46H2,1-3H3,(H,57,64)/b12-9+,18-15+,24-21-,31-28-,42-39+. The van der Waals surface area contributed by atoms with Crippen LogP contribution in [0.1, 0.15) is 220 Å². The van der Waals surface area contributed by atoms with Gasteiger partial charge in [-0.25, -0.2) is 0 Å². The van der Waals surface area contributed by atoms with Crippen molar-refractivity contribution in [3.05, 3.63) is 60.8 Å². The van der Waals surface area contributed by atoms with E-state index in [0.717, 1.165) is 57.8 Å². The zero-order valence-electron chi connectivity index (χ0n) is 42.5. The van der Waals surface area contributed by atoms with E-state index in [1.165, 1.54) is 116 Å².